The van der Waals surface area contributed by atoms with Crippen LogP contribution in [0.25, 0.3) is 0 Å². The first-order valence-corrected chi connectivity index (χ1v) is 3.24. The maximum absolute atomic E-state index is 8.22. The van der Waals surface area contributed by atoms with Crippen LogP contribution in [0.3, 0.4) is 0 Å². The normalized spacial score (nSPS) is 9.18. The van der Waals surface area contributed by atoms with Crippen LogP contribution in [0, 0.1) is 18.3 Å². The van der Waals surface area contributed by atoms with E-state index in [2.05, 4.69) is 5.10 Å². The van der Waals surface area contributed by atoms with Crippen LogP contribution >= 0.6 is 0 Å². The molecule has 0 fully saturated rings. The van der Waals surface area contributed by atoms with Crippen molar-refractivity contribution >= 4 is 0 Å². The second-order valence-corrected chi connectivity index (χ2v) is 2.24. The standard InChI is InChI=1S/C7H9N3O/c1-6-5-10(2)9-7(6)11-4-3-8/h5H,4H2,1-2H3. The predicted molar refractivity (Wildman–Crippen MR) is 39.1 cm³/mol. The zero-order chi connectivity index (χ0) is 8.27. The van der Waals surface area contributed by atoms with Crippen LogP contribution in [0.5, 0.6) is 5.88 Å². The molecule has 58 valence electrons. The van der Waals surface area contributed by atoms with E-state index in [0.29, 0.717) is 5.88 Å². The Bertz CT molecular complexity index is 284. The number of hydrogen-bond donors (Lipinski definition) is 0. The van der Waals surface area contributed by atoms with Gasteiger partial charge in [-0.25, -0.2) is 0 Å². The maximum Gasteiger partial charge on any atom is 0.236 e. The van der Waals surface area contributed by atoms with Crippen molar-refractivity contribution in [3.63, 3.8) is 0 Å². The summed E-state index contributed by atoms with van der Waals surface area (Å²) in [4.78, 5) is 0. The summed E-state index contributed by atoms with van der Waals surface area (Å²) in [5.74, 6) is 0.536. The lowest BCUT2D eigenvalue weighted by molar-refractivity contribution is 0.347. The smallest absolute Gasteiger partial charge is 0.236 e. The molecule has 0 bridgehead atoms. The van der Waals surface area contributed by atoms with Gasteiger partial charge in [0, 0.05) is 18.8 Å². The van der Waals surface area contributed by atoms with Gasteiger partial charge < -0.3 is 4.74 Å². The van der Waals surface area contributed by atoms with Crippen molar-refractivity contribution < 1.29 is 4.74 Å². The number of ether oxygens (including phenoxy) is 1. The fourth-order valence-corrected chi connectivity index (χ4v) is 0.830. The summed E-state index contributed by atoms with van der Waals surface area (Å²) in [5, 5.41) is 12.2. The van der Waals surface area contributed by atoms with Crippen molar-refractivity contribution in [3.8, 4) is 11.9 Å². The van der Waals surface area contributed by atoms with E-state index < -0.39 is 0 Å². The number of aromatic nitrogens is 2. The first-order chi connectivity index (χ1) is 5.24. The van der Waals surface area contributed by atoms with Crippen LogP contribution in [0.1, 0.15) is 5.56 Å². The molecule has 4 nitrogen and oxygen atoms in total. The zero-order valence-electron chi connectivity index (χ0n) is 6.53. The predicted octanol–water partition coefficient (Wildman–Crippen LogP) is 0.631. The first kappa shape index (κ1) is 7.61. The van der Waals surface area contributed by atoms with Gasteiger partial charge in [0.1, 0.15) is 6.07 Å². The minimum atomic E-state index is 0.0534. The second kappa shape index (κ2) is 3.06. The lowest BCUT2D eigenvalue weighted by atomic mass is 10.4. The molecule has 0 aliphatic heterocycles. The fourth-order valence-electron chi connectivity index (χ4n) is 0.830. The van der Waals surface area contributed by atoms with E-state index in [-0.39, 0.29) is 6.61 Å². The topological polar surface area (TPSA) is 50.8 Å². The Kier molecular flexibility index (Phi) is 2.12. The molecule has 0 radical (unpaired) electrons. The van der Waals surface area contributed by atoms with Gasteiger partial charge in [-0.2, -0.15) is 5.26 Å². The van der Waals surface area contributed by atoms with Gasteiger partial charge in [-0.05, 0) is 6.92 Å². The average molecular weight is 151 g/mol. The highest BCUT2D eigenvalue weighted by Gasteiger charge is 2.02. The summed E-state index contributed by atoms with van der Waals surface area (Å²) in [7, 11) is 1.81. The molecule has 0 saturated carbocycles. The van der Waals surface area contributed by atoms with Gasteiger partial charge in [0.05, 0.1) is 0 Å². The van der Waals surface area contributed by atoms with E-state index in [0.717, 1.165) is 5.56 Å². The molecule has 0 saturated heterocycles. The summed E-state index contributed by atoms with van der Waals surface area (Å²) < 4.78 is 6.67. The third kappa shape index (κ3) is 1.71. The second-order valence-electron chi connectivity index (χ2n) is 2.24. The van der Waals surface area contributed by atoms with E-state index in [9.17, 15) is 0 Å². The molecular weight excluding hydrogens is 142 g/mol. The maximum atomic E-state index is 8.22. The molecule has 11 heavy (non-hydrogen) atoms. The Labute approximate surface area is 65.0 Å². The van der Waals surface area contributed by atoms with Crippen molar-refractivity contribution in [2.24, 2.45) is 7.05 Å². The van der Waals surface area contributed by atoms with Crippen molar-refractivity contribution in [1.82, 2.24) is 9.78 Å². The molecule has 1 heterocycles. The van der Waals surface area contributed by atoms with Gasteiger partial charge in [-0.3, -0.25) is 4.68 Å². The van der Waals surface area contributed by atoms with Crippen molar-refractivity contribution in [2.45, 2.75) is 6.92 Å². The monoisotopic (exact) mass is 151 g/mol. The Morgan fingerprint density at radius 2 is 2.55 bits per heavy atom. The summed E-state index contributed by atoms with van der Waals surface area (Å²) in [6, 6.07) is 1.88. The third-order valence-corrected chi connectivity index (χ3v) is 1.24. The SMILES string of the molecule is Cc1cn(C)nc1OCC#N. The molecule has 0 unspecified atom stereocenters. The highest BCUT2D eigenvalue weighted by Crippen LogP contribution is 2.12. The fraction of sp³-hybridized carbons (Fsp3) is 0.429. The van der Waals surface area contributed by atoms with Gasteiger partial charge in [0.15, 0.2) is 6.61 Å². The molecule has 0 N–H and O–H groups in total. The zero-order valence-corrected chi connectivity index (χ0v) is 6.53. The van der Waals surface area contributed by atoms with Crippen LogP contribution in [0.2, 0.25) is 0 Å². The van der Waals surface area contributed by atoms with Crippen molar-refractivity contribution in [3.05, 3.63) is 11.8 Å². The summed E-state index contributed by atoms with van der Waals surface area (Å²) in [6.07, 6.45) is 1.84. The number of nitrogens with zero attached hydrogens (tertiary/aromatic N) is 3. The average Bonchev–Trinajstić information content (AvgIpc) is 2.26. The number of rotatable bonds is 2. The van der Waals surface area contributed by atoms with Gasteiger partial charge in [-0.1, -0.05) is 0 Å². The van der Waals surface area contributed by atoms with Gasteiger partial charge in [0.2, 0.25) is 5.88 Å². The first-order valence-electron chi connectivity index (χ1n) is 3.24. The molecule has 1 aromatic rings. The lowest BCUT2D eigenvalue weighted by Gasteiger charge is -1.94. The molecule has 0 amide bonds. The van der Waals surface area contributed by atoms with Crippen molar-refractivity contribution in [2.75, 3.05) is 6.61 Å². The van der Waals surface area contributed by atoms with E-state index in [4.69, 9.17) is 10.00 Å². The summed E-state index contributed by atoms with van der Waals surface area (Å²) in [6.45, 7) is 1.94. The van der Waals surface area contributed by atoms with Crippen molar-refractivity contribution in [1.29, 1.82) is 5.26 Å². The molecule has 1 aromatic heterocycles. The third-order valence-electron chi connectivity index (χ3n) is 1.24. The van der Waals surface area contributed by atoms with Gasteiger partial charge >= 0.3 is 0 Å². The minimum Gasteiger partial charge on any atom is -0.461 e. The largest absolute Gasteiger partial charge is 0.461 e. The quantitative estimate of drug-likeness (QED) is 0.623. The summed E-state index contributed by atoms with van der Waals surface area (Å²) in [5.41, 5.74) is 0.947. The molecule has 0 aliphatic rings. The number of aryl methyl sites for hydroxylation is 2. The van der Waals surface area contributed by atoms with Crippen LogP contribution in [-0.4, -0.2) is 16.4 Å². The minimum absolute atomic E-state index is 0.0534. The van der Waals surface area contributed by atoms with Gasteiger partial charge in [0.25, 0.3) is 0 Å². The lowest BCUT2D eigenvalue weighted by Crippen LogP contribution is -1.96. The van der Waals surface area contributed by atoms with Crippen LogP contribution in [0.15, 0.2) is 6.20 Å². The highest BCUT2D eigenvalue weighted by atomic mass is 16.5. The number of hydrogen-bond acceptors (Lipinski definition) is 3. The molecule has 0 atom stereocenters. The Morgan fingerprint density at radius 1 is 1.82 bits per heavy atom. The Hall–Kier alpha value is -1.50. The van der Waals surface area contributed by atoms with E-state index in [1.54, 1.807) is 4.68 Å². The molecule has 0 spiro atoms. The van der Waals surface area contributed by atoms with Crippen LogP contribution < -0.4 is 4.74 Å². The highest BCUT2D eigenvalue weighted by molar-refractivity contribution is 5.21. The van der Waals surface area contributed by atoms with E-state index in [1.807, 2.05) is 26.2 Å². The molecule has 0 aliphatic carbocycles. The van der Waals surface area contributed by atoms with E-state index >= 15 is 0 Å². The Balaban J connectivity index is 2.71. The number of nitriles is 1. The molecular formula is C7H9N3O. The van der Waals surface area contributed by atoms with Crippen LogP contribution in [0.4, 0.5) is 0 Å². The summed E-state index contributed by atoms with van der Waals surface area (Å²) >= 11 is 0. The Morgan fingerprint density at radius 3 is 3.00 bits per heavy atom. The van der Waals surface area contributed by atoms with Crippen LogP contribution in [-0.2, 0) is 7.05 Å². The molecule has 1 rings (SSSR count). The molecule has 0 aromatic carbocycles. The molecule has 4 heteroatoms. The van der Waals surface area contributed by atoms with Gasteiger partial charge in [-0.15, -0.1) is 5.10 Å². The van der Waals surface area contributed by atoms with E-state index in [1.165, 1.54) is 0 Å².